The normalized spacial score (nSPS) is 10.6. The molecule has 108 valence electrons. The smallest absolute Gasteiger partial charge is 0.271 e. The Morgan fingerprint density at radius 3 is 2.62 bits per heavy atom. The molecule has 2 aromatic carbocycles. The van der Waals surface area contributed by atoms with Crippen molar-refractivity contribution < 1.29 is 14.6 Å². The third-order valence-electron chi connectivity index (χ3n) is 2.71. The molecule has 0 aromatic heterocycles. The Bertz CT molecular complexity index is 669. The zero-order valence-electron chi connectivity index (χ0n) is 11.2. The highest BCUT2D eigenvalue weighted by Gasteiger charge is 2.04. The number of methoxy groups -OCH3 is 1. The van der Waals surface area contributed by atoms with Crippen LogP contribution in [-0.2, 0) is 0 Å². The van der Waals surface area contributed by atoms with E-state index < -0.39 is 0 Å². The number of ether oxygens (including phenoxy) is 1. The summed E-state index contributed by atoms with van der Waals surface area (Å²) in [5.74, 6) is 0.242. The number of phenolic OH excluding ortho intramolecular Hbond substituents is 1. The van der Waals surface area contributed by atoms with Crippen LogP contribution < -0.4 is 10.2 Å². The van der Waals surface area contributed by atoms with E-state index in [1.807, 2.05) is 0 Å². The Hall–Kier alpha value is -2.34. The molecular weight excluding hydrogens is 336 g/mol. The van der Waals surface area contributed by atoms with E-state index in [1.54, 1.807) is 36.4 Å². The van der Waals surface area contributed by atoms with Crippen LogP contribution in [0.2, 0.25) is 0 Å². The van der Waals surface area contributed by atoms with Gasteiger partial charge in [-0.3, -0.25) is 4.79 Å². The summed E-state index contributed by atoms with van der Waals surface area (Å²) in [7, 11) is 1.51. The highest BCUT2D eigenvalue weighted by atomic mass is 79.9. The van der Waals surface area contributed by atoms with Crippen molar-refractivity contribution >= 4 is 28.1 Å². The molecule has 0 fully saturated rings. The molecule has 0 aliphatic rings. The largest absolute Gasteiger partial charge is 0.507 e. The van der Waals surface area contributed by atoms with Gasteiger partial charge in [-0.15, -0.1) is 0 Å². The molecule has 0 spiro atoms. The summed E-state index contributed by atoms with van der Waals surface area (Å²) in [6.07, 6.45) is 1.37. The number of carbonyl (C=O) groups is 1. The van der Waals surface area contributed by atoms with Gasteiger partial charge in [0.1, 0.15) is 11.5 Å². The van der Waals surface area contributed by atoms with Gasteiger partial charge in [-0.05, 0) is 36.4 Å². The summed E-state index contributed by atoms with van der Waals surface area (Å²) in [5.41, 5.74) is 3.37. The number of benzene rings is 2. The van der Waals surface area contributed by atoms with Crippen molar-refractivity contribution in [2.24, 2.45) is 5.10 Å². The van der Waals surface area contributed by atoms with E-state index >= 15 is 0 Å². The minimum atomic E-state index is -0.327. The van der Waals surface area contributed by atoms with Crippen molar-refractivity contribution in [1.82, 2.24) is 5.43 Å². The van der Waals surface area contributed by atoms with Gasteiger partial charge in [-0.25, -0.2) is 5.43 Å². The van der Waals surface area contributed by atoms with Crippen LogP contribution >= 0.6 is 15.9 Å². The predicted molar refractivity (Wildman–Crippen MR) is 83.9 cm³/mol. The number of halogens is 1. The summed E-state index contributed by atoms with van der Waals surface area (Å²) in [5, 5.41) is 13.6. The number of hydrogen-bond acceptors (Lipinski definition) is 4. The lowest BCUT2D eigenvalue weighted by Gasteiger charge is -2.03. The molecule has 1 amide bonds. The van der Waals surface area contributed by atoms with Crippen LogP contribution in [0.5, 0.6) is 11.5 Å². The number of hydrogen-bond donors (Lipinski definition) is 2. The second-order valence-electron chi connectivity index (χ2n) is 4.13. The first kappa shape index (κ1) is 15.1. The van der Waals surface area contributed by atoms with Gasteiger partial charge >= 0.3 is 0 Å². The van der Waals surface area contributed by atoms with Gasteiger partial charge in [0.05, 0.1) is 13.3 Å². The van der Waals surface area contributed by atoms with Crippen LogP contribution in [-0.4, -0.2) is 24.3 Å². The zero-order valence-corrected chi connectivity index (χ0v) is 12.8. The minimum Gasteiger partial charge on any atom is -0.507 e. The fourth-order valence-electron chi connectivity index (χ4n) is 1.59. The number of phenols is 1. The number of amides is 1. The van der Waals surface area contributed by atoms with Gasteiger partial charge in [-0.2, -0.15) is 5.10 Å². The van der Waals surface area contributed by atoms with Crippen LogP contribution in [0, 0.1) is 0 Å². The third-order valence-corrected chi connectivity index (χ3v) is 3.24. The second kappa shape index (κ2) is 6.90. The first-order valence-electron chi connectivity index (χ1n) is 6.06. The quantitative estimate of drug-likeness (QED) is 0.659. The maximum atomic E-state index is 11.8. The third kappa shape index (κ3) is 4.06. The van der Waals surface area contributed by atoms with Crippen LogP contribution in [0.1, 0.15) is 15.9 Å². The first-order chi connectivity index (χ1) is 10.1. The molecule has 0 unspecified atom stereocenters. The summed E-state index contributed by atoms with van der Waals surface area (Å²) < 4.78 is 5.88. The van der Waals surface area contributed by atoms with Crippen molar-refractivity contribution in [3.05, 3.63) is 58.1 Å². The Labute approximate surface area is 130 Å². The number of nitrogens with zero attached hydrogens (tertiary/aromatic N) is 1. The average molecular weight is 349 g/mol. The van der Waals surface area contributed by atoms with E-state index in [-0.39, 0.29) is 11.7 Å². The van der Waals surface area contributed by atoms with Gasteiger partial charge in [0, 0.05) is 21.7 Å². The van der Waals surface area contributed by atoms with Gasteiger partial charge in [-0.1, -0.05) is 15.9 Å². The average Bonchev–Trinajstić information content (AvgIpc) is 2.49. The fourth-order valence-corrected chi connectivity index (χ4v) is 1.85. The molecule has 0 atom stereocenters. The zero-order chi connectivity index (χ0) is 15.2. The van der Waals surface area contributed by atoms with E-state index in [1.165, 1.54) is 19.4 Å². The topological polar surface area (TPSA) is 70.9 Å². The molecule has 2 aromatic rings. The number of nitrogens with one attached hydrogen (secondary N) is 1. The lowest BCUT2D eigenvalue weighted by Crippen LogP contribution is -2.17. The Morgan fingerprint density at radius 2 is 2.00 bits per heavy atom. The van der Waals surface area contributed by atoms with Crippen LogP contribution in [0.25, 0.3) is 0 Å². The number of hydrazone groups is 1. The highest BCUT2D eigenvalue weighted by Crippen LogP contribution is 2.21. The van der Waals surface area contributed by atoms with Gasteiger partial charge in [0.15, 0.2) is 0 Å². The highest BCUT2D eigenvalue weighted by molar-refractivity contribution is 9.10. The lowest BCUT2D eigenvalue weighted by atomic mass is 10.2. The Morgan fingerprint density at radius 1 is 1.29 bits per heavy atom. The van der Waals surface area contributed by atoms with E-state index in [0.717, 1.165) is 4.47 Å². The summed E-state index contributed by atoms with van der Waals surface area (Å²) in [6.45, 7) is 0. The monoisotopic (exact) mass is 348 g/mol. The van der Waals surface area contributed by atoms with Crippen molar-refractivity contribution in [3.8, 4) is 11.5 Å². The van der Waals surface area contributed by atoms with Crippen LogP contribution in [0.3, 0.4) is 0 Å². The number of aromatic hydroxyl groups is 1. The molecule has 0 saturated carbocycles. The molecule has 6 heteroatoms. The van der Waals surface area contributed by atoms with E-state index in [0.29, 0.717) is 16.9 Å². The van der Waals surface area contributed by atoms with Crippen molar-refractivity contribution in [1.29, 1.82) is 0 Å². The van der Waals surface area contributed by atoms with Gasteiger partial charge in [0.25, 0.3) is 5.91 Å². The number of carbonyl (C=O) groups excluding carboxylic acids is 1. The van der Waals surface area contributed by atoms with E-state index in [9.17, 15) is 9.90 Å². The van der Waals surface area contributed by atoms with Crippen molar-refractivity contribution in [2.45, 2.75) is 0 Å². The maximum absolute atomic E-state index is 11.8. The standard InChI is InChI=1S/C15H13BrN2O3/c1-21-13-7-4-11(14(19)8-13)9-17-18-15(20)10-2-5-12(16)6-3-10/h2-9,19H,1H3,(H,18,20). The van der Waals surface area contributed by atoms with Gasteiger partial charge < -0.3 is 9.84 Å². The van der Waals surface area contributed by atoms with Crippen molar-refractivity contribution in [3.63, 3.8) is 0 Å². The van der Waals surface area contributed by atoms with Gasteiger partial charge in [0.2, 0.25) is 0 Å². The molecule has 21 heavy (non-hydrogen) atoms. The lowest BCUT2D eigenvalue weighted by molar-refractivity contribution is 0.0955. The molecule has 0 radical (unpaired) electrons. The summed E-state index contributed by atoms with van der Waals surface area (Å²) >= 11 is 3.30. The minimum absolute atomic E-state index is 0.0241. The molecule has 0 heterocycles. The summed E-state index contributed by atoms with van der Waals surface area (Å²) in [4.78, 5) is 11.8. The Balaban J connectivity index is 2.02. The SMILES string of the molecule is COc1ccc(C=NNC(=O)c2ccc(Br)cc2)c(O)c1. The predicted octanol–water partition coefficient (Wildman–Crippen LogP) is 2.93. The Kier molecular flexibility index (Phi) is 4.94. The molecule has 2 rings (SSSR count). The molecule has 0 saturated heterocycles. The van der Waals surface area contributed by atoms with Crippen LogP contribution in [0.15, 0.2) is 52.0 Å². The first-order valence-corrected chi connectivity index (χ1v) is 6.85. The fraction of sp³-hybridized carbons (Fsp3) is 0.0667. The van der Waals surface area contributed by atoms with E-state index in [4.69, 9.17) is 4.74 Å². The molecule has 0 aliphatic heterocycles. The maximum Gasteiger partial charge on any atom is 0.271 e. The number of rotatable bonds is 4. The molecular formula is C15H13BrN2O3. The molecule has 0 aliphatic carbocycles. The molecule has 5 nitrogen and oxygen atoms in total. The van der Waals surface area contributed by atoms with Crippen molar-refractivity contribution in [2.75, 3.05) is 7.11 Å². The second-order valence-corrected chi connectivity index (χ2v) is 5.05. The molecule has 0 bridgehead atoms. The summed E-state index contributed by atoms with van der Waals surface area (Å²) in [6, 6.07) is 11.7. The van der Waals surface area contributed by atoms with E-state index in [2.05, 4.69) is 26.5 Å². The van der Waals surface area contributed by atoms with Crippen LogP contribution in [0.4, 0.5) is 0 Å². The molecule has 2 N–H and O–H groups in total.